The number of amides is 1. The third-order valence-electron chi connectivity index (χ3n) is 3.88. The first kappa shape index (κ1) is 16.5. The van der Waals surface area contributed by atoms with Crippen molar-refractivity contribution in [3.63, 3.8) is 0 Å². The lowest BCUT2D eigenvalue weighted by atomic mass is 10.0. The van der Waals surface area contributed by atoms with Gasteiger partial charge in [0.15, 0.2) is 9.84 Å². The van der Waals surface area contributed by atoms with Crippen LogP contribution in [0.3, 0.4) is 0 Å². The molecule has 0 aliphatic carbocycles. The van der Waals surface area contributed by atoms with Crippen LogP contribution in [0.25, 0.3) is 0 Å². The largest absolute Gasteiger partial charge is 0.478 e. The molecule has 0 saturated carbocycles. The lowest BCUT2D eigenvalue weighted by molar-refractivity contribution is -0.116. The maximum absolute atomic E-state index is 12.0. The minimum Gasteiger partial charge on any atom is -0.478 e. The number of carbonyl (C=O) groups is 2. The molecule has 7 heteroatoms. The maximum Gasteiger partial charge on any atom is 0.336 e. The summed E-state index contributed by atoms with van der Waals surface area (Å²) in [5, 5.41) is 11.8. The van der Waals surface area contributed by atoms with Gasteiger partial charge in [-0.2, -0.15) is 0 Å². The van der Waals surface area contributed by atoms with Gasteiger partial charge < -0.3 is 10.4 Å². The summed E-state index contributed by atoms with van der Waals surface area (Å²) in [6, 6.07) is 3.15. The van der Waals surface area contributed by atoms with Gasteiger partial charge in [0, 0.05) is 12.1 Å². The summed E-state index contributed by atoms with van der Waals surface area (Å²) in [7, 11) is -3.00. The Morgan fingerprint density at radius 2 is 1.95 bits per heavy atom. The van der Waals surface area contributed by atoms with E-state index in [9.17, 15) is 18.0 Å². The van der Waals surface area contributed by atoms with E-state index >= 15 is 0 Å². The molecule has 0 radical (unpaired) electrons. The van der Waals surface area contributed by atoms with E-state index in [1.165, 1.54) is 6.07 Å². The van der Waals surface area contributed by atoms with Crippen LogP contribution >= 0.6 is 0 Å². The highest BCUT2D eigenvalue weighted by Crippen LogP contribution is 2.24. The van der Waals surface area contributed by atoms with E-state index < -0.39 is 15.8 Å². The predicted octanol–water partition coefficient (Wildman–Crippen LogP) is 1.76. The molecule has 1 aromatic carbocycles. The van der Waals surface area contributed by atoms with Crippen molar-refractivity contribution in [3.8, 4) is 0 Å². The number of anilines is 1. The van der Waals surface area contributed by atoms with E-state index in [4.69, 9.17) is 5.11 Å². The average molecular weight is 325 g/mol. The lowest BCUT2D eigenvalue weighted by Crippen LogP contribution is -2.18. The second-order valence-corrected chi connectivity index (χ2v) is 8.04. The summed E-state index contributed by atoms with van der Waals surface area (Å²) in [6.45, 7) is 3.49. The quantitative estimate of drug-likeness (QED) is 0.878. The molecule has 1 saturated heterocycles. The molecule has 1 aliphatic heterocycles. The molecule has 6 nitrogen and oxygen atoms in total. The summed E-state index contributed by atoms with van der Waals surface area (Å²) < 4.78 is 22.8. The van der Waals surface area contributed by atoms with Crippen LogP contribution in [-0.4, -0.2) is 36.9 Å². The molecule has 0 bridgehead atoms. The molecule has 1 unspecified atom stereocenters. The summed E-state index contributed by atoms with van der Waals surface area (Å²) in [4.78, 5) is 23.2. The third kappa shape index (κ3) is 3.85. The molecule has 1 aromatic rings. The van der Waals surface area contributed by atoms with Crippen molar-refractivity contribution in [2.45, 2.75) is 26.7 Å². The van der Waals surface area contributed by atoms with Crippen LogP contribution in [0.1, 0.15) is 34.3 Å². The minimum atomic E-state index is -3.00. The fourth-order valence-corrected chi connectivity index (χ4v) is 4.58. The number of nitrogens with one attached hydrogen (secondary N) is 1. The third-order valence-corrected chi connectivity index (χ3v) is 5.71. The molecule has 120 valence electrons. The molecule has 0 aromatic heterocycles. The first-order valence-corrected chi connectivity index (χ1v) is 8.85. The number of sulfone groups is 1. The van der Waals surface area contributed by atoms with Gasteiger partial charge in [0.1, 0.15) is 0 Å². The summed E-state index contributed by atoms with van der Waals surface area (Å²) >= 11 is 0. The lowest BCUT2D eigenvalue weighted by Gasteiger charge is -2.13. The number of carbonyl (C=O) groups excluding carboxylic acids is 1. The number of carboxylic acid groups (broad SMARTS) is 1. The second-order valence-electron chi connectivity index (χ2n) is 5.81. The second kappa shape index (κ2) is 6.08. The molecular weight excluding hydrogens is 306 g/mol. The maximum atomic E-state index is 12.0. The van der Waals surface area contributed by atoms with E-state index in [0.29, 0.717) is 17.7 Å². The molecule has 1 heterocycles. The molecule has 1 fully saturated rings. The smallest absolute Gasteiger partial charge is 0.336 e. The first-order valence-electron chi connectivity index (χ1n) is 7.03. The summed E-state index contributed by atoms with van der Waals surface area (Å²) in [6.07, 6.45) is 0.637. The van der Waals surface area contributed by atoms with Gasteiger partial charge in [0.25, 0.3) is 0 Å². The highest BCUT2D eigenvalue weighted by molar-refractivity contribution is 7.91. The summed E-state index contributed by atoms with van der Waals surface area (Å²) in [5.41, 5.74) is 2.00. The number of aromatic carboxylic acids is 1. The Hall–Kier alpha value is -1.89. The normalized spacial score (nSPS) is 19.8. The Morgan fingerprint density at radius 3 is 2.50 bits per heavy atom. The SMILES string of the molecule is Cc1cc(C)c(C(=O)O)cc1NC(=O)CC1CCS(=O)(=O)C1. The predicted molar refractivity (Wildman–Crippen MR) is 82.9 cm³/mol. The van der Waals surface area contributed by atoms with Crippen molar-refractivity contribution in [1.82, 2.24) is 0 Å². The van der Waals surface area contributed by atoms with Crippen molar-refractivity contribution in [1.29, 1.82) is 0 Å². The number of rotatable bonds is 4. The Morgan fingerprint density at radius 1 is 1.27 bits per heavy atom. The van der Waals surface area contributed by atoms with Crippen molar-refractivity contribution in [2.24, 2.45) is 5.92 Å². The van der Waals surface area contributed by atoms with E-state index in [-0.39, 0.29) is 35.3 Å². The van der Waals surface area contributed by atoms with Crippen LogP contribution in [0.4, 0.5) is 5.69 Å². The van der Waals surface area contributed by atoms with Gasteiger partial charge in [0.2, 0.25) is 5.91 Å². The van der Waals surface area contributed by atoms with Crippen molar-refractivity contribution >= 4 is 27.4 Å². The first-order chi connectivity index (χ1) is 10.2. The van der Waals surface area contributed by atoms with Crippen molar-refractivity contribution in [2.75, 3.05) is 16.8 Å². The zero-order valence-corrected chi connectivity index (χ0v) is 13.4. The topological polar surface area (TPSA) is 101 Å². The van der Waals surface area contributed by atoms with Gasteiger partial charge in [-0.25, -0.2) is 13.2 Å². The molecule has 1 aliphatic rings. The van der Waals surface area contributed by atoms with E-state index in [1.807, 2.05) is 0 Å². The van der Waals surface area contributed by atoms with Crippen molar-refractivity contribution < 1.29 is 23.1 Å². The molecule has 2 rings (SSSR count). The Balaban J connectivity index is 2.09. The fraction of sp³-hybridized carbons (Fsp3) is 0.467. The number of hydrogen-bond acceptors (Lipinski definition) is 4. The van der Waals surface area contributed by atoms with Crippen LogP contribution in [0.2, 0.25) is 0 Å². The van der Waals surface area contributed by atoms with Gasteiger partial charge >= 0.3 is 5.97 Å². The van der Waals surface area contributed by atoms with Crippen LogP contribution in [0.5, 0.6) is 0 Å². The molecular formula is C15H19NO5S. The van der Waals surface area contributed by atoms with Gasteiger partial charge in [-0.15, -0.1) is 0 Å². The van der Waals surface area contributed by atoms with Gasteiger partial charge in [0.05, 0.1) is 17.1 Å². The monoisotopic (exact) mass is 325 g/mol. The van der Waals surface area contributed by atoms with Gasteiger partial charge in [-0.1, -0.05) is 6.07 Å². The van der Waals surface area contributed by atoms with Gasteiger partial charge in [-0.3, -0.25) is 4.79 Å². The van der Waals surface area contributed by atoms with Crippen LogP contribution in [-0.2, 0) is 14.6 Å². The Bertz CT molecular complexity index is 724. The van der Waals surface area contributed by atoms with E-state index in [0.717, 1.165) is 5.56 Å². The molecule has 2 N–H and O–H groups in total. The Labute approximate surface area is 129 Å². The van der Waals surface area contributed by atoms with Crippen LogP contribution in [0.15, 0.2) is 12.1 Å². The van der Waals surface area contributed by atoms with E-state index in [1.54, 1.807) is 19.9 Å². The molecule has 1 amide bonds. The zero-order chi connectivity index (χ0) is 16.5. The summed E-state index contributed by atoms with van der Waals surface area (Å²) in [5.74, 6) is -1.30. The molecule has 1 atom stereocenters. The Kier molecular flexibility index (Phi) is 4.55. The highest BCUT2D eigenvalue weighted by Gasteiger charge is 2.29. The van der Waals surface area contributed by atoms with Crippen LogP contribution < -0.4 is 5.32 Å². The highest BCUT2D eigenvalue weighted by atomic mass is 32.2. The van der Waals surface area contributed by atoms with E-state index in [2.05, 4.69) is 5.32 Å². The van der Waals surface area contributed by atoms with Gasteiger partial charge in [-0.05, 0) is 43.4 Å². The minimum absolute atomic E-state index is 0.0493. The molecule has 22 heavy (non-hydrogen) atoms. The standard InChI is InChI=1S/C15H19NO5S/c1-9-5-10(2)13(7-12(9)15(18)19)16-14(17)6-11-3-4-22(20,21)8-11/h5,7,11H,3-4,6,8H2,1-2H3,(H,16,17)(H,18,19). The number of aryl methyl sites for hydroxylation is 2. The fourth-order valence-electron chi connectivity index (χ4n) is 2.71. The van der Waals surface area contributed by atoms with Crippen molar-refractivity contribution in [3.05, 3.63) is 28.8 Å². The molecule has 0 spiro atoms. The number of benzene rings is 1. The zero-order valence-electron chi connectivity index (χ0n) is 12.5. The number of hydrogen-bond donors (Lipinski definition) is 2. The van der Waals surface area contributed by atoms with Crippen LogP contribution in [0, 0.1) is 19.8 Å². The average Bonchev–Trinajstić information content (AvgIpc) is 2.71. The number of carboxylic acids is 1.